The number of nitrogens with one attached hydrogen (secondary N) is 1. The van der Waals surface area contributed by atoms with Gasteiger partial charge in [0.15, 0.2) is 12.4 Å². The van der Waals surface area contributed by atoms with Crippen molar-refractivity contribution in [3.8, 4) is 0 Å². The molecule has 0 heterocycles. The largest absolute Gasteiger partial charge is 0.456 e. The van der Waals surface area contributed by atoms with Gasteiger partial charge in [-0.15, -0.1) is 0 Å². The molecule has 1 amide bonds. The maximum absolute atomic E-state index is 12.1. The summed E-state index contributed by atoms with van der Waals surface area (Å²) in [7, 11) is 0. The Morgan fingerprint density at radius 1 is 0.893 bits per heavy atom. The Hall–Kier alpha value is -2.95. The highest BCUT2D eigenvalue weighted by Crippen LogP contribution is 2.23. The van der Waals surface area contributed by atoms with Crippen LogP contribution in [0.15, 0.2) is 48.5 Å². The van der Waals surface area contributed by atoms with Gasteiger partial charge in [-0.2, -0.15) is 0 Å². The number of rotatable bonds is 7. The number of anilines is 1. The highest BCUT2D eigenvalue weighted by molar-refractivity contribution is 5.98. The Labute approximate surface area is 166 Å². The van der Waals surface area contributed by atoms with Crippen molar-refractivity contribution in [2.24, 2.45) is 0 Å². The maximum atomic E-state index is 12.1. The molecule has 0 spiro atoms. The number of Topliss-reactive ketones (excluding diaryl/α,β-unsaturated/α-hetero) is 1. The number of ether oxygens (including phenoxy) is 1. The molecule has 0 aliphatic rings. The van der Waals surface area contributed by atoms with Gasteiger partial charge in [-0.05, 0) is 30.0 Å². The molecule has 0 saturated heterocycles. The molecule has 0 aliphatic heterocycles. The van der Waals surface area contributed by atoms with E-state index in [2.05, 4.69) is 26.1 Å². The number of ketones is 1. The second-order valence-corrected chi connectivity index (χ2v) is 7.83. The smallest absolute Gasteiger partial charge is 0.306 e. The van der Waals surface area contributed by atoms with E-state index in [4.69, 9.17) is 4.74 Å². The SMILES string of the molecule is Cc1ccc(C(=O)CCC(=O)OCC(=O)Nc2ccc(C(C)(C)C)cc2)cc1. The van der Waals surface area contributed by atoms with Gasteiger partial charge in [0.05, 0.1) is 6.42 Å². The number of carbonyl (C=O) groups is 3. The number of carbonyl (C=O) groups excluding carboxylic acids is 3. The van der Waals surface area contributed by atoms with E-state index in [-0.39, 0.29) is 30.6 Å². The second kappa shape index (κ2) is 9.31. The topological polar surface area (TPSA) is 72.5 Å². The lowest BCUT2D eigenvalue weighted by molar-refractivity contribution is -0.147. The fraction of sp³-hybridized carbons (Fsp3) is 0.348. The van der Waals surface area contributed by atoms with Crippen molar-refractivity contribution >= 4 is 23.3 Å². The first-order valence-electron chi connectivity index (χ1n) is 9.31. The molecule has 0 bridgehead atoms. The Bertz CT molecular complexity index is 830. The van der Waals surface area contributed by atoms with Crippen molar-refractivity contribution in [1.29, 1.82) is 0 Å². The number of hydrogen-bond donors (Lipinski definition) is 1. The average molecular weight is 381 g/mol. The summed E-state index contributed by atoms with van der Waals surface area (Å²) in [6, 6.07) is 14.7. The van der Waals surface area contributed by atoms with Crippen molar-refractivity contribution in [2.75, 3.05) is 11.9 Å². The van der Waals surface area contributed by atoms with Gasteiger partial charge in [-0.1, -0.05) is 62.7 Å². The normalized spacial score (nSPS) is 11.0. The highest BCUT2D eigenvalue weighted by Gasteiger charge is 2.14. The third-order valence-electron chi connectivity index (χ3n) is 4.33. The molecule has 5 heteroatoms. The molecule has 0 fully saturated rings. The van der Waals surface area contributed by atoms with Crippen LogP contribution in [0.1, 0.15) is 55.1 Å². The van der Waals surface area contributed by atoms with Crippen LogP contribution in [0.3, 0.4) is 0 Å². The zero-order chi connectivity index (χ0) is 20.7. The number of hydrogen-bond acceptors (Lipinski definition) is 4. The first-order valence-corrected chi connectivity index (χ1v) is 9.31. The fourth-order valence-electron chi connectivity index (χ4n) is 2.57. The molecule has 5 nitrogen and oxygen atoms in total. The third kappa shape index (κ3) is 6.65. The maximum Gasteiger partial charge on any atom is 0.306 e. The summed E-state index contributed by atoms with van der Waals surface area (Å²) in [5.41, 5.74) is 3.47. The van der Waals surface area contributed by atoms with Crippen LogP contribution in [-0.2, 0) is 19.7 Å². The Balaban J connectivity index is 1.74. The van der Waals surface area contributed by atoms with Crippen LogP contribution in [0.25, 0.3) is 0 Å². The number of aryl methyl sites for hydroxylation is 1. The van der Waals surface area contributed by atoms with Crippen LogP contribution in [0.2, 0.25) is 0 Å². The standard InChI is InChI=1S/C23H27NO4/c1-16-5-7-17(8-6-16)20(25)13-14-22(27)28-15-21(26)24-19-11-9-18(10-12-19)23(2,3)4/h5-12H,13-15H2,1-4H3,(H,24,26). The van der Waals surface area contributed by atoms with Gasteiger partial charge in [-0.3, -0.25) is 14.4 Å². The minimum Gasteiger partial charge on any atom is -0.456 e. The molecule has 0 radical (unpaired) electrons. The van der Waals surface area contributed by atoms with Crippen LogP contribution in [0.4, 0.5) is 5.69 Å². The van der Waals surface area contributed by atoms with E-state index < -0.39 is 11.9 Å². The molecule has 148 valence electrons. The van der Waals surface area contributed by atoms with E-state index in [9.17, 15) is 14.4 Å². The molecule has 0 atom stereocenters. The van der Waals surface area contributed by atoms with Crippen LogP contribution in [-0.4, -0.2) is 24.3 Å². The quantitative estimate of drug-likeness (QED) is 0.568. The minimum atomic E-state index is -0.571. The first kappa shape index (κ1) is 21.4. The second-order valence-electron chi connectivity index (χ2n) is 7.83. The fourth-order valence-corrected chi connectivity index (χ4v) is 2.57. The van der Waals surface area contributed by atoms with E-state index in [1.807, 2.05) is 43.3 Å². The predicted octanol–water partition coefficient (Wildman–Crippen LogP) is 4.44. The first-order chi connectivity index (χ1) is 13.1. The highest BCUT2D eigenvalue weighted by atomic mass is 16.5. The molecule has 2 aromatic carbocycles. The van der Waals surface area contributed by atoms with Crippen LogP contribution >= 0.6 is 0 Å². The Kier molecular flexibility index (Phi) is 7.10. The summed E-state index contributed by atoms with van der Waals surface area (Å²) >= 11 is 0. The lowest BCUT2D eigenvalue weighted by atomic mass is 9.87. The van der Waals surface area contributed by atoms with Gasteiger partial charge in [0.1, 0.15) is 0 Å². The summed E-state index contributed by atoms with van der Waals surface area (Å²) in [5.74, 6) is -1.11. The molecule has 0 aliphatic carbocycles. The summed E-state index contributed by atoms with van der Waals surface area (Å²) in [5, 5.41) is 2.69. The monoisotopic (exact) mass is 381 g/mol. The van der Waals surface area contributed by atoms with E-state index >= 15 is 0 Å². The molecule has 2 aromatic rings. The lowest BCUT2D eigenvalue weighted by Crippen LogP contribution is -2.21. The summed E-state index contributed by atoms with van der Waals surface area (Å²) < 4.78 is 4.96. The number of benzene rings is 2. The summed E-state index contributed by atoms with van der Waals surface area (Å²) in [6.45, 7) is 7.91. The van der Waals surface area contributed by atoms with Gasteiger partial charge in [0, 0.05) is 17.7 Å². The number of amides is 1. The van der Waals surface area contributed by atoms with Crippen LogP contribution < -0.4 is 5.32 Å². The Morgan fingerprint density at radius 3 is 2.07 bits per heavy atom. The molecule has 1 N–H and O–H groups in total. The van der Waals surface area contributed by atoms with Gasteiger partial charge in [-0.25, -0.2) is 0 Å². The van der Waals surface area contributed by atoms with Crippen LogP contribution in [0, 0.1) is 6.92 Å². The minimum absolute atomic E-state index is 0.0358. The zero-order valence-electron chi connectivity index (χ0n) is 16.9. The Morgan fingerprint density at radius 2 is 1.50 bits per heavy atom. The van der Waals surface area contributed by atoms with Gasteiger partial charge < -0.3 is 10.1 Å². The number of esters is 1. The molecular weight excluding hydrogens is 354 g/mol. The molecule has 0 aromatic heterocycles. The zero-order valence-corrected chi connectivity index (χ0v) is 16.9. The van der Waals surface area contributed by atoms with Crippen molar-refractivity contribution in [3.63, 3.8) is 0 Å². The van der Waals surface area contributed by atoms with Gasteiger partial charge in [0.25, 0.3) is 5.91 Å². The molecule has 28 heavy (non-hydrogen) atoms. The van der Waals surface area contributed by atoms with Crippen molar-refractivity contribution < 1.29 is 19.1 Å². The lowest BCUT2D eigenvalue weighted by Gasteiger charge is -2.19. The van der Waals surface area contributed by atoms with Crippen molar-refractivity contribution in [2.45, 2.75) is 46.0 Å². The summed E-state index contributed by atoms with van der Waals surface area (Å²) in [6.07, 6.45) is -0.00194. The van der Waals surface area contributed by atoms with E-state index in [0.717, 1.165) is 11.1 Å². The molecular formula is C23H27NO4. The van der Waals surface area contributed by atoms with E-state index in [1.165, 1.54) is 0 Å². The van der Waals surface area contributed by atoms with E-state index in [1.54, 1.807) is 12.1 Å². The average Bonchev–Trinajstić information content (AvgIpc) is 2.64. The summed E-state index contributed by atoms with van der Waals surface area (Å²) in [4.78, 5) is 35.8. The predicted molar refractivity (Wildman–Crippen MR) is 109 cm³/mol. The van der Waals surface area contributed by atoms with E-state index in [0.29, 0.717) is 11.3 Å². The van der Waals surface area contributed by atoms with Crippen molar-refractivity contribution in [3.05, 3.63) is 65.2 Å². The van der Waals surface area contributed by atoms with Gasteiger partial charge >= 0.3 is 5.97 Å². The molecule has 0 unspecified atom stereocenters. The molecule has 2 rings (SSSR count). The van der Waals surface area contributed by atoms with Crippen molar-refractivity contribution in [1.82, 2.24) is 0 Å². The van der Waals surface area contributed by atoms with Gasteiger partial charge in [0.2, 0.25) is 0 Å². The van der Waals surface area contributed by atoms with Crippen LogP contribution in [0.5, 0.6) is 0 Å². The third-order valence-corrected chi connectivity index (χ3v) is 4.33. The molecule has 0 saturated carbocycles.